The van der Waals surface area contributed by atoms with Crippen LogP contribution in [0.4, 0.5) is 0 Å². The molecule has 0 aromatic heterocycles. The molecular weight excluding hydrogens is 1180 g/mol. The zero-order valence-corrected chi connectivity index (χ0v) is 55.7. The first-order valence-electron chi connectivity index (χ1n) is 33.6. The van der Waals surface area contributed by atoms with Crippen LogP contribution in [-0.2, 0) is 17.4 Å². The number of allylic oxidation sites excluding steroid dienone is 2. The van der Waals surface area contributed by atoms with Gasteiger partial charge in [0.05, 0.1) is 0 Å². The molecule has 2 saturated carbocycles. The van der Waals surface area contributed by atoms with Crippen LogP contribution in [-0.4, -0.2) is 6.88 Å². The molecule has 4 aliphatic rings. The predicted octanol–water partition coefficient (Wildman–Crippen LogP) is 24.7. The van der Waals surface area contributed by atoms with Gasteiger partial charge >= 0.3 is 536 Å². The first-order valence-corrected chi connectivity index (χ1v) is 47.3. The Bertz CT molecular complexity index is 4950. The fourth-order valence-corrected chi connectivity index (χ4v) is 38.5. The Balaban J connectivity index is 0.996. The maximum absolute atomic E-state index is 4.82. The Labute approximate surface area is 531 Å². The fourth-order valence-electron chi connectivity index (χ4n) is 19.0. The van der Waals surface area contributed by atoms with Gasteiger partial charge in [-0.05, 0) is 0 Å². The van der Waals surface area contributed by atoms with Crippen molar-refractivity contribution in [3.8, 4) is 44.5 Å². The van der Waals surface area contributed by atoms with Gasteiger partial charge in [0.15, 0.2) is 0 Å². The second-order valence-electron chi connectivity index (χ2n) is 28.7. The van der Waals surface area contributed by atoms with Crippen LogP contribution < -0.4 is 0 Å². The first kappa shape index (κ1) is 54.7. The second kappa shape index (κ2) is 21.2. The van der Waals surface area contributed by atoms with Crippen LogP contribution in [0.1, 0.15) is 93.7 Å². The van der Waals surface area contributed by atoms with E-state index in [0.29, 0.717) is 11.8 Å². The van der Waals surface area contributed by atoms with E-state index in [-0.39, 0.29) is 7.25 Å². The van der Waals surface area contributed by atoms with Crippen LogP contribution in [0.2, 0.25) is 9.26 Å². The monoisotopic (exact) mass is 1250 g/mol. The van der Waals surface area contributed by atoms with Gasteiger partial charge in [-0.2, -0.15) is 0 Å². The molecular formula is C88H74SiZr. The minimum atomic E-state index is -4.82. The summed E-state index contributed by atoms with van der Waals surface area (Å²) in [6, 6.07) is 94.5. The van der Waals surface area contributed by atoms with E-state index in [0.717, 1.165) is 12.8 Å². The molecule has 434 valence electrons. The summed E-state index contributed by atoms with van der Waals surface area (Å²) in [6.45, 7) is 2.61. The molecule has 0 heterocycles. The molecule has 18 rings (SSSR count). The molecule has 2 fully saturated rings. The second-order valence-corrected chi connectivity index (χ2v) is 59.2. The van der Waals surface area contributed by atoms with Crippen LogP contribution in [0.5, 0.6) is 0 Å². The standard InChI is InChI=1S/2C43H33.2CH3.H2Si.Zr/c2*1-2-12-28(11-1)23-29-24-40-38(42-34-17-7-3-13-30(34)26-31-14-4-8-18-35(31)42)21-22-39(41(40)25-29)43-36-19-9-5-15-32(36)27-33-16-6-10-20-37(33)43;;;;/h2*3-10,13-22,24-28H,1-2,11-12,23H2;2*1H3;1H2;. The van der Waals surface area contributed by atoms with Crippen molar-refractivity contribution < 1.29 is 17.4 Å². The number of hydrogen-bond donors (Lipinski definition) is 0. The summed E-state index contributed by atoms with van der Waals surface area (Å²) in [7, 11) is 0. The Kier molecular flexibility index (Phi) is 12.9. The van der Waals surface area contributed by atoms with E-state index >= 15 is 0 Å². The number of fused-ring (bicyclic) bond motifs is 10. The first-order chi connectivity index (χ1) is 44.2. The summed E-state index contributed by atoms with van der Waals surface area (Å²) in [4.78, 5) is 0. The van der Waals surface area contributed by atoms with Crippen molar-refractivity contribution in [3.63, 3.8) is 0 Å². The Morgan fingerprint density at radius 1 is 0.300 bits per heavy atom. The van der Waals surface area contributed by atoms with E-state index in [9.17, 15) is 0 Å². The average molecular weight is 1250 g/mol. The topological polar surface area (TPSA) is 0 Å². The number of benzene rings is 14. The van der Waals surface area contributed by atoms with Crippen molar-refractivity contribution in [2.75, 3.05) is 0 Å². The van der Waals surface area contributed by atoms with E-state index in [1.165, 1.54) is 193 Å². The zero-order chi connectivity index (χ0) is 59.8. The van der Waals surface area contributed by atoms with Gasteiger partial charge in [-0.1, -0.05) is 0 Å². The zero-order valence-electron chi connectivity index (χ0n) is 51.8. The third-order valence-corrected chi connectivity index (χ3v) is 40.0. The Morgan fingerprint density at radius 3 is 0.778 bits per heavy atom. The van der Waals surface area contributed by atoms with Gasteiger partial charge in [-0.3, -0.25) is 0 Å². The maximum atomic E-state index is 3.00. The molecule has 0 radical (unpaired) electrons. The van der Waals surface area contributed by atoms with Crippen molar-refractivity contribution in [1.29, 1.82) is 0 Å². The normalized spacial score (nSPS) is 17.2. The molecule has 14 aromatic carbocycles. The Hall–Kier alpha value is -8.26. The van der Waals surface area contributed by atoms with Crippen molar-refractivity contribution in [3.05, 3.63) is 276 Å². The molecule has 4 aliphatic carbocycles. The predicted molar refractivity (Wildman–Crippen MR) is 390 cm³/mol. The number of rotatable bonds is 10. The van der Waals surface area contributed by atoms with Gasteiger partial charge in [0.1, 0.15) is 0 Å². The molecule has 0 saturated heterocycles. The summed E-state index contributed by atoms with van der Waals surface area (Å²) in [5, 5.41) is 21.1. The van der Waals surface area contributed by atoms with Crippen molar-refractivity contribution in [1.82, 2.24) is 0 Å². The molecule has 0 nitrogen and oxygen atoms in total. The molecule has 0 amide bonds. The van der Waals surface area contributed by atoms with E-state index in [4.69, 9.17) is 0 Å². The quantitative estimate of drug-likeness (QED) is 0.0946. The van der Waals surface area contributed by atoms with Gasteiger partial charge in [-0.15, -0.1) is 0 Å². The van der Waals surface area contributed by atoms with Crippen LogP contribution in [0.25, 0.3) is 143 Å². The van der Waals surface area contributed by atoms with Gasteiger partial charge in [0.2, 0.25) is 0 Å². The summed E-state index contributed by atoms with van der Waals surface area (Å²) in [6.07, 6.45) is 18.6. The van der Waals surface area contributed by atoms with Gasteiger partial charge in [-0.25, -0.2) is 0 Å². The van der Waals surface area contributed by atoms with Gasteiger partial charge in [0.25, 0.3) is 0 Å². The van der Waals surface area contributed by atoms with E-state index < -0.39 is 17.4 Å². The average Bonchev–Trinajstić information content (AvgIpc) is 1.47. The molecule has 14 aromatic rings. The van der Waals surface area contributed by atoms with Gasteiger partial charge in [0, 0.05) is 0 Å². The molecule has 0 bridgehead atoms. The SMILES string of the molecule is [CH3][Zr]([CH3])(=[SiH2])([CH]1C(CC2CCCC2)=Cc2c(-c3c4ccccc4cc4ccccc34)ccc(-c3c4ccccc4cc4ccccc34)c21)[CH]1C(CC2CCCC2)=Cc2c(-c3c4ccccc4cc4ccccc34)ccc(-c3c4ccccc4cc4ccccc34)c21. The van der Waals surface area contributed by atoms with Crippen LogP contribution in [0.3, 0.4) is 0 Å². The van der Waals surface area contributed by atoms with Crippen LogP contribution in [0, 0.1) is 11.8 Å². The molecule has 2 heteroatoms. The third kappa shape index (κ3) is 8.60. The molecule has 0 spiro atoms. The molecule has 90 heavy (non-hydrogen) atoms. The number of hydrogen-bond acceptors (Lipinski definition) is 0. The van der Waals surface area contributed by atoms with E-state index in [2.05, 4.69) is 271 Å². The molecule has 0 aliphatic heterocycles. The van der Waals surface area contributed by atoms with E-state index in [1.807, 2.05) is 0 Å². The third-order valence-electron chi connectivity index (χ3n) is 22.6. The van der Waals surface area contributed by atoms with Gasteiger partial charge < -0.3 is 0 Å². The van der Waals surface area contributed by atoms with Crippen LogP contribution in [0.15, 0.2) is 254 Å². The summed E-state index contributed by atoms with van der Waals surface area (Å²) in [5.41, 5.74) is 20.7. The molecule has 2 unspecified atom stereocenters. The Morgan fingerprint density at radius 2 is 0.522 bits per heavy atom. The summed E-state index contributed by atoms with van der Waals surface area (Å²) in [5.74, 6) is 1.33. The van der Waals surface area contributed by atoms with Crippen LogP contribution >= 0.6 is 0 Å². The van der Waals surface area contributed by atoms with Crippen molar-refractivity contribution in [2.24, 2.45) is 11.8 Å². The fraction of sp³-hybridized carbons (Fsp3) is 0.182. The summed E-state index contributed by atoms with van der Waals surface area (Å²) >= 11 is -4.82. The van der Waals surface area contributed by atoms with Crippen molar-refractivity contribution >= 4 is 105 Å². The summed E-state index contributed by atoms with van der Waals surface area (Å²) < 4.78 is 6.49. The van der Waals surface area contributed by atoms with Crippen molar-refractivity contribution in [2.45, 2.75) is 80.7 Å². The molecule has 2 atom stereocenters. The van der Waals surface area contributed by atoms with E-state index in [1.54, 1.807) is 22.3 Å². The molecule has 0 N–H and O–H groups in total. The minimum absolute atomic E-state index is 0.247.